The Bertz CT molecular complexity index is 697. The lowest BCUT2D eigenvalue weighted by atomic mass is 10.2. The average molecular weight is 419 g/mol. The Morgan fingerprint density at radius 3 is 2.88 bits per heavy atom. The molecular formula is C16H23ClN4O3S2. The molecule has 0 radical (unpaired) electrons. The van der Waals surface area contributed by atoms with Crippen LogP contribution in [0.5, 0.6) is 0 Å². The third-order valence-electron chi connectivity index (χ3n) is 3.51. The summed E-state index contributed by atoms with van der Waals surface area (Å²) in [5.74, 6) is 0.991. The molecule has 2 N–H and O–H groups in total. The summed E-state index contributed by atoms with van der Waals surface area (Å²) >= 11 is 9.30. The average Bonchev–Trinajstić information content (AvgIpc) is 3.30. The largest absolute Gasteiger partial charge is 0.481 e. The molecule has 0 aromatic carbocycles. The van der Waals surface area contributed by atoms with Crippen molar-refractivity contribution in [2.75, 3.05) is 13.7 Å². The minimum absolute atomic E-state index is 0.280. The monoisotopic (exact) mass is 418 g/mol. The van der Waals surface area contributed by atoms with Crippen LogP contribution in [0.4, 0.5) is 0 Å². The van der Waals surface area contributed by atoms with E-state index in [0.29, 0.717) is 6.54 Å². The van der Waals surface area contributed by atoms with Crippen LogP contribution < -0.4 is 5.32 Å². The number of rotatable bonds is 7. The Kier molecular flexibility index (Phi) is 8.86. The summed E-state index contributed by atoms with van der Waals surface area (Å²) in [5, 5.41) is 20.2. The van der Waals surface area contributed by atoms with Crippen LogP contribution in [0.2, 0.25) is 4.34 Å². The van der Waals surface area contributed by atoms with Crippen molar-refractivity contribution in [3.63, 3.8) is 0 Å². The highest BCUT2D eigenvalue weighted by atomic mass is 35.5. The first kappa shape index (κ1) is 21.2. The fraction of sp³-hybridized carbons (Fsp3) is 0.562. The van der Waals surface area contributed by atoms with E-state index in [2.05, 4.69) is 26.1 Å². The van der Waals surface area contributed by atoms with Gasteiger partial charge in [0.1, 0.15) is 5.82 Å². The van der Waals surface area contributed by atoms with Crippen molar-refractivity contribution in [1.29, 1.82) is 0 Å². The maximum Gasteiger partial charge on any atom is 0.300 e. The highest BCUT2D eigenvalue weighted by Gasteiger charge is 2.20. The summed E-state index contributed by atoms with van der Waals surface area (Å²) in [7, 11) is 1.92. The lowest BCUT2D eigenvalue weighted by Gasteiger charge is -2.14. The molecule has 0 spiro atoms. The van der Waals surface area contributed by atoms with Gasteiger partial charge in [-0.25, -0.2) is 0 Å². The quantitative estimate of drug-likeness (QED) is 0.667. The highest BCUT2D eigenvalue weighted by molar-refractivity contribution is 7.98. The Morgan fingerprint density at radius 1 is 1.54 bits per heavy atom. The first-order chi connectivity index (χ1) is 12.5. The van der Waals surface area contributed by atoms with Crippen LogP contribution in [-0.4, -0.2) is 45.6 Å². The van der Waals surface area contributed by atoms with Gasteiger partial charge in [0.05, 0.1) is 23.5 Å². The summed E-state index contributed by atoms with van der Waals surface area (Å²) < 4.78 is 8.77. The van der Waals surface area contributed by atoms with Gasteiger partial charge >= 0.3 is 0 Å². The minimum Gasteiger partial charge on any atom is -0.481 e. The number of aromatic nitrogens is 3. The third kappa shape index (κ3) is 6.88. The van der Waals surface area contributed by atoms with Crippen molar-refractivity contribution < 1.29 is 14.6 Å². The summed E-state index contributed by atoms with van der Waals surface area (Å²) in [4.78, 5) is 10.2. The molecule has 3 rings (SSSR count). The highest BCUT2D eigenvalue weighted by Crippen LogP contribution is 2.29. The SMILES string of the molecule is CC(=O)O.CNCc1nnc(SCc2ccc(Cl)s2)n1CC1CCCO1. The Hall–Kier alpha value is -1.13. The molecule has 1 fully saturated rings. The maximum absolute atomic E-state index is 9.00. The van der Waals surface area contributed by atoms with E-state index >= 15 is 0 Å². The van der Waals surface area contributed by atoms with E-state index in [1.54, 1.807) is 23.1 Å². The second-order valence-corrected chi connectivity index (χ2v) is 8.43. The number of aliphatic carboxylic acids is 1. The van der Waals surface area contributed by atoms with Crippen LogP contribution in [0.25, 0.3) is 0 Å². The first-order valence-corrected chi connectivity index (χ1v) is 10.4. The number of halogens is 1. The Morgan fingerprint density at radius 2 is 2.31 bits per heavy atom. The maximum atomic E-state index is 9.00. The fourth-order valence-electron chi connectivity index (χ4n) is 2.45. The van der Waals surface area contributed by atoms with Gasteiger partial charge in [-0.2, -0.15) is 0 Å². The van der Waals surface area contributed by atoms with Crippen LogP contribution in [0.3, 0.4) is 0 Å². The van der Waals surface area contributed by atoms with Gasteiger partial charge in [0.15, 0.2) is 5.16 Å². The number of nitrogens with one attached hydrogen (secondary N) is 1. The molecule has 1 unspecified atom stereocenters. The molecule has 1 aliphatic rings. The number of carboxylic acid groups (broad SMARTS) is 1. The van der Waals surface area contributed by atoms with Crippen LogP contribution in [0, 0.1) is 0 Å². The smallest absolute Gasteiger partial charge is 0.300 e. The number of thiophene rings is 1. The van der Waals surface area contributed by atoms with E-state index in [1.807, 2.05) is 13.1 Å². The van der Waals surface area contributed by atoms with E-state index in [4.69, 9.17) is 26.2 Å². The number of carbonyl (C=O) groups is 1. The van der Waals surface area contributed by atoms with Crippen molar-refractivity contribution in [1.82, 2.24) is 20.1 Å². The lowest BCUT2D eigenvalue weighted by Crippen LogP contribution is -2.20. The minimum atomic E-state index is -0.833. The number of carboxylic acids is 1. The number of hydrogen-bond donors (Lipinski definition) is 2. The van der Waals surface area contributed by atoms with Crippen molar-refractivity contribution >= 4 is 40.7 Å². The summed E-state index contributed by atoms with van der Waals surface area (Å²) in [6.07, 6.45) is 2.54. The van der Waals surface area contributed by atoms with Gasteiger partial charge in [-0.1, -0.05) is 23.4 Å². The van der Waals surface area contributed by atoms with Crippen LogP contribution in [0.1, 0.15) is 30.5 Å². The zero-order chi connectivity index (χ0) is 18.9. The molecule has 0 bridgehead atoms. The molecule has 144 valence electrons. The molecule has 0 saturated carbocycles. The summed E-state index contributed by atoms with van der Waals surface area (Å²) in [6.45, 7) is 3.49. The molecule has 26 heavy (non-hydrogen) atoms. The first-order valence-electron chi connectivity index (χ1n) is 8.24. The summed E-state index contributed by atoms with van der Waals surface area (Å²) in [5.41, 5.74) is 0. The normalized spacial score (nSPS) is 16.3. The number of hydrogen-bond acceptors (Lipinski definition) is 7. The van der Waals surface area contributed by atoms with Crippen LogP contribution >= 0.6 is 34.7 Å². The van der Waals surface area contributed by atoms with Crippen molar-refractivity contribution in [2.24, 2.45) is 0 Å². The molecule has 2 aromatic heterocycles. The molecule has 10 heteroatoms. The Labute approximate surface area is 166 Å². The van der Waals surface area contributed by atoms with E-state index < -0.39 is 5.97 Å². The van der Waals surface area contributed by atoms with Crippen molar-refractivity contribution in [3.8, 4) is 0 Å². The van der Waals surface area contributed by atoms with Crippen LogP contribution in [0.15, 0.2) is 17.3 Å². The molecule has 1 aliphatic heterocycles. The second-order valence-electron chi connectivity index (χ2n) is 5.69. The van der Waals surface area contributed by atoms with Crippen molar-refractivity contribution in [3.05, 3.63) is 27.2 Å². The number of thioether (sulfide) groups is 1. The molecule has 7 nitrogen and oxygen atoms in total. The van der Waals surface area contributed by atoms with Gasteiger partial charge in [0.25, 0.3) is 5.97 Å². The number of nitrogens with zero attached hydrogens (tertiary/aromatic N) is 3. The molecule has 2 aromatic rings. The van der Waals surface area contributed by atoms with Gasteiger partial charge in [0, 0.05) is 24.2 Å². The lowest BCUT2D eigenvalue weighted by molar-refractivity contribution is -0.134. The van der Waals surface area contributed by atoms with E-state index in [9.17, 15) is 0 Å². The van der Waals surface area contributed by atoms with Gasteiger partial charge in [-0.05, 0) is 32.0 Å². The molecule has 1 saturated heterocycles. The van der Waals surface area contributed by atoms with E-state index in [1.165, 1.54) is 4.88 Å². The molecule has 1 atom stereocenters. The standard InChI is InChI=1S/C14H19ClN4OS2.C2H4O2/c1-16-7-13-17-18-14(19(13)8-10-3-2-6-20-10)21-9-11-4-5-12(15)22-11;1-2(3)4/h4-5,10,16H,2-3,6-9H2,1H3;1H3,(H,3,4). The molecule has 0 amide bonds. The zero-order valence-corrected chi connectivity index (χ0v) is 17.2. The molecule has 0 aliphatic carbocycles. The van der Waals surface area contributed by atoms with Gasteiger partial charge < -0.3 is 19.7 Å². The fourth-order valence-corrected chi connectivity index (χ4v) is 4.55. The van der Waals surface area contributed by atoms with Crippen LogP contribution in [-0.2, 0) is 28.4 Å². The van der Waals surface area contributed by atoms with Gasteiger partial charge in [-0.15, -0.1) is 21.5 Å². The van der Waals surface area contributed by atoms with Gasteiger partial charge in [0.2, 0.25) is 0 Å². The predicted molar refractivity (Wildman–Crippen MR) is 104 cm³/mol. The molecular weight excluding hydrogens is 396 g/mol. The molecule has 3 heterocycles. The number of ether oxygens (including phenoxy) is 1. The van der Waals surface area contributed by atoms with Crippen molar-refractivity contribution in [2.45, 2.75) is 49.9 Å². The summed E-state index contributed by atoms with van der Waals surface area (Å²) in [6, 6.07) is 4.00. The van der Waals surface area contributed by atoms with Gasteiger partial charge in [-0.3, -0.25) is 4.79 Å². The Balaban J connectivity index is 0.000000552. The van der Waals surface area contributed by atoms with E-state index in [-0.39, 0.29) is 6.10 Å². The predicted octanol–water partition coefficient (Wildman–Crippen LogP) is 3.27. The van der Waals surface area contributed by atoms with E-state index in [0.717, 1.165) is 54.0 Å². The second kappa shape index (κ2) is 10.9. The zero-order valence-electron chi connectivity index (χ0n) is 14.8. The topological polar surface area (TPSA) is 89.3 Å². The third-order valence-corrected chi connectivity index (χ3v) is 5.94.